The molecule has 0 bridgehead atoms. The molecule has 0 radical (unpaired) electrons. The van der Waals surface area contributed by atoms with Gasteiger partial charge in [0, 0.05) is 24.7 Å². The van der Waals surface area contributed by atoms with E-state index in [9.17, 15) is 31.5 Å². The van der Waals surface area contributed by atoms with Crippen molar-refractivity contribution in [3.63, 3.8) is 0 Å². The van der Waals surface area contributed by atoms with Crippen molar-refractivity contribution in [2.45, 2.75) is 56.3 Å². The lowest BCUT2D eigenvalue weighted by Gasteiger charge is -2.44. The van der Waals surface area contributed by atoms with E-state index in [4.69, 9.17) is 0 Å². The summed E-state index contributed by atoms with van der Waals surface area (Å²) in [4.78, 5) is 12.6. The highest BCUT2D eigenvalue weighted by Crippen LogP contribution is 2.44. The minimum Gasteiger partial charge on any atom is -0.530 e. The van der Waals surface area contributed by atoms with Crippen LogP contribution in [0.2, 0.25) is 0 Å². The van der Waals surface area contributed by atoms with Crippen molar-refractivity contribution in [3.05, 3.63) is 29.8 Å². The van der Waals surface area contributed by atoms with Gasteiger partial charge in [0.1, 0.15) is 6.09 Å². The molecular formula is C19H24F3N2O4S-. The van der Waals surface area contributed by atoms with Crippen LogP contribution < -0.4 is 5.11 Å². The summed E-state index contributed by atoms with van der Waals surface area (Å²) in [5.74, 6) is -0.252. The van der Waals surface area contributed by atoms with E-state index in [2.05, 4.69) is 0 Å². The largest absolute Gasteiger partial charge is 0.530 e. The SMILES string of the molecule is CC(C)(C)N(C(=O)[O-])[C@H]1CC[C@@H]2CN(S(=O)(=O)c3cccc(C(F)(F)F)c3)C[C@@H]21. The van der Waals surface area contributed by atoms with Crippen LogP contribution in [0, 0.1) is 11.8 Å². The Labute approximate surface area is 168 Å². The first kappa shape index (κ1) is 21.9. The molecule has 1 aliphatic carbocycles. The summed E-state index contributed by atoms with van der Waals surface area (Å²) in [5, 5.41) is 11.7. The highest BCUT2D eigenvalue weighted by Gasteiger charge is 2.49. The number of halogens is 3. The number of alkyl halides is 3. The van der Waals surface area contributed by atoms with Crippen molar-refractivity contribution in [2.24, 2.45) is 11.8 Å². The summed E-state index contributed by atoms with van der Waals surface area (Å²) in [6.07, 6.45) is -4.68. The molecule has 6 nitrogen and oxygen atoms in total. The van der Waals surface area contributed by atoms with Crippen LogP contribution in [0.4, 0.5) is 18.0 Å². The van der Waals surface area contributed by atoms with Gasteiger partial charge in [-0.3, -0.25) is 0 Å². The molecule has 1 aromatic carbocycles. The van der Waals surface area contributed by atoms with E-state index in [1.54, 1.807) is 20.8 Å². The number of carboxylic acid groups (broad SMARTS) is 1. The number of benzene rings is 1. The van der Waals surface area contributed by atoms with Gasteiger partial charge in [0.05, 0.1) is 10.5 Å². The normalized spacial score (nSPS) is 25.8. The van der Waals surface area contributed by atoms with E-state index in [1.807, 2.05) is 0 Å². The molecule has 2 aliphatic rings. The van der Waals surface area contributed by atoms with Crippen LogP contribution in [0.15, 0.2) is 29.2 Å². The fourth-order valence-corrected chi connectivity index (χ4v) is 6.18. The minimum atomic E-state index is -4.64. The predicted molar refractivity (Wildman–Crippen MR) is 97.2 cm³/mol. The van der Waals surface area contributed by atoms with Crippen molar-refractivity contribution in [1.82, 2.24) is 9.21 Å². The first-order chi connectivity index (χ1) is 13.2. The number of hydrogen-bond donors (Lipinski definition) is 0. The third kappa shape index (κ3) is 4.09. The zero-order valence-corrected chi connectivity index (χ0v) is 17.3. The molecule has 0 spiro atoms. The first-order valence-corrected chi connectivity index (χ1v) is 10.8. The first-order valence-electron chi connectivity index (χ1n) is 9.40. The molecule has 29 heavy (non-hydrogen) atoms. The highest BCUT2D eigenvalue weighted by atomic mass is 32.2. The van der Waals surface area contributed by atoms with E-state index >= 15 is 0 Å². The molecule has 1 saturated carbocycles. The van der Waals surface area contributed by atoms with E-state index in [0.29, 0.717) is 18.9 Å². The number of carbonyl (C=O) groups is 1. The lowest BCUT2D eigenvalue weighted by atomic mass is 9.93. The number of carbonyl (C=O) groups excluding carboxylic acids is 1. The Bertz CT molecular complexity index is 895. The van der Waals surface area contributed by atoms with Gasteiger partial charge in [0.2, 0.25) is 10.0 Å². The maximum absolute atomic E-state index is 13.0. The zero-order chi connectivity index (χ0) is 21.8. The molecule has 10 heteroatoms. The standard InChI is InChI=1S/C19H25F3N2O4S/c1-18(2,3)24(17(25)26)16-8-7-12-10-23(11-15(12)16)29(27,28)14-6-4-5-13(9-14)19(20,21)22/h4-6,9,12,15-16H,7-8,10-11H2,1-3H3,(H,25,26)/p-1/t12-,15+,16+/m1/s1. The minimum absolute atomic E-state index is 0.0372. The number of hydrogen-bond acceptors (Lipinski definition) is 4. The van der Waals surface area contributed by atoms with Gasteiger partial charge in [0.15, 0.2) is 0 Å². The molecule has 162 valence electrons. The van der Waals surface area contributed by atoms with Gasteiger partial charge in [-0.05, 0) is 63.6 Å². The molecule has 1 aliphatic heterocycles. The summed E-state index contributed by atoms with van der Waals surface area (Å²) < 4.78 is 66.0. The zero-order valence-electron chi connectivity index (χ0n) is 16.4. The fraction of sp³-hybridized carbons (Fsp3) is 0.632. The molecule has 0 unspecified atom stereocenters. The highest BCUT2D eigenvalue weighted by molar-refractivity contribution is 7.89. The number of rotatable bonds is 3. The van der Waals surface area contributed by atoms with Gasteiger partial charge in [-0.25, -0.2) is 8.42 Å². The Hall–Kier alpha value is -1.81. The number of fused-ring (bicyclic) bond motifs is 1. The Morgan fingerprint density at radius 3 is 2.38 bits per heavy atom. The van der Waals surface area contributed by atoms with Gasteiger partial charge in [-0.2, -0.15) is 17.5 Å². The summed E-state index contributed by atoms with van der Waals surface area (Å²) in [5.41, 5.74) is -1.72. The second kappa shape index (κ2) is 7.16. The van der Waals surface area contributed by atoms with Gasteiger partial charge in [-0.15, -0.1) is 0 Å². The second-order valence-corrected chi connectivity index (χ2v) is 10.7. The average Bonchev–Trinajstić information content (AvgIpc) is 3.15. The van der Waals surface area contributed by atoms with Crippen molar-refractivity contribution in [1.29, 1.82) is 0 Å². The topological polar surface area (TPSA) is 80.8 Å². The average molecular weight is 433 g/mol. The third-order valence-electron chi connectivity index (χ3n) is 5.84. The smallest absolute Gasteiger partial charge is 0.416 e. The van der Waals surface area contributed by atoms with Crippen LogP contribution in [0.3, 0.4) is 0 Å². The molecule has 2 fully saturated rings. The Balaban J connectivity index is 1.86. The maximum Gasteiger partial charge on any atom is 0.416 e. The van der Waals surface area contributed by atoms with E-state index in [-0.39, 0.29) is 31.0 Å². The predicted octanol–water partition coefficient (Wildman–Crippen LogP) is 2.55. The van der Waals surface area contributed by atoms with Crippen LogP contribution in [0.1, 0.15) is 39.2 Å². The molecule has 0 N–H and O–H groups in total. The number of sulfonamides is 1. The van der Waals surface area contributed by atoms with E-state index in [1.165, 1.54) is 9.21 Å². The molecule has 1 saturated heterocycles. The van der Waals surface area contributed by atoms with Crippen LogP contribution in [-0.2, 0) is 16.2 Å². The molecular weight excluding hydrogens is 409 g/mol. The molecule has 1 heterocycles. The van der Waals surface area contributed by atoms with Crippen molar-refractivity contribution in [2.75, 3.05) is 13.1 Å². The quantitative estimate of drug-likeness (QED) is 0.734. The van der Waals surface area contributed by atoms with Gasteiger partial charge in [-0.1, -0.05) is 6.07 Å². The van der Waals surface area contributed by atoms with E-state index < -0.39 is 38.3 Å². The van der Waals surface area contributed by atoms with Crippen molar-refractivity contribution in [3.8, 4) is 0 Å². The van der Waals surface area contributed by atoms with Gasteiger partial charge < -0.3 is 14.8 Å². The fourth-order valence-electron chi connectivity index (χ4n) is 4.60. The summed E-state index contributed by atoms with van der Waals surface area (Å²) in [7, 11) is -4.12. The number of amides is 1. The van der Waals surface area contributed by atoms with Crippen LogP contribution >= 0.6 is 0 Å². The lowest BCUT2D eigenvalue weighted by Crippen LogP contribution is -2.58. The Morgan fingerprint density at radius 2 is 1.83 bits per heavy atom. The Morgan fingerprint density at radius 1 is 1.17 bits per heavy atom. The van der Waals surface area contributed by atoms with Gasteiger partial charge >= 0.3 is 6.18 Å². The second-order valence-electron chi connectivity index (χ2n) is 8.72. The molecule has 3 atom stereocenters. The molecule has 3 rings (SSSR count). The Kier molecular flexibility index (Phi) is 5.40. The van der Waals surface area contributed by atoms with Crippen LogP contribution in [-0.4, -0.2) is 48.4 Å². The van der Waals surface area contributed by atoms with Crippen LogP contribution in [0.25, 0.3) is 0 Å². The summed E-state index contributed by atoms with van der Waals surface area (Å²) in [6, 6.07) is 3.32. The van der Waals surface area contributed by atoms with E-state index in [0.717, 1.165) is 18.2 Å². The molecule has 1 amide bonds. The molecule has 0 aromatic heterocycles. The summed E-state index contributed by atoms with van der Waals surface area (Å²) in [6.45, 7) is 5.51. The maximum atomic E-state index is 13.0. The third-order valence-corrected chi connectivity index (χ3v) is 7.66. The summed E-state index contributed by atoms with van der Waals surface area (Å²) >= 11 is 0. The van der Waals surface area contributed by atoms with Crippen molar-refractivity contribution < 1.29 is 31.5 Å². The molecule has 1 aromatic rings. The van der Waals surface area contributed by atoms with Gasteiger partial charge in [0.25, 0.3) is 0 Å². The van der Waals surface area contributed by atoms with Crippen molar-refractivity contribution >= 4 is 16.1 Å². The number of nitrogens with zero attached hydrogens (tertiary/aromatic N) is 2. The van der Waals surface area contributed by atoms with Crippen LogP contribution in [0.5, 0.6) is 0 Å². The lowest BCUT2D eigenvalue weighted by molar-refractivity contribution is -0.274. The monoisotopic (exact) mass is 433 g/mol.